The molecule has 3 heterocycles. The van der Waals surface area contributed by atoms with Crippen LogP contribution in [0.1, 0.15) is 17.2 Å². The van der Waals surface area contributed by atoms with Gasteiger partial charge in [0.1, 0.15) is 5.69 Å². The monoisotopic (exact) mass is 451 g/mol. The number of methoxy groups -OCH3 is 3. The molecule has 1 unspecified atom stereocenters. The van der Waals surface area contributed by atoms with Crippen molar-refractivity contribution in [2.45, 2.75) is 6.04 Å². The van der Waals surface area contributed by atoms with Gasteiger partial charge in [0.05, 0.1) is 43.8 Å². The van der Waals surface area contributed by atoms with Crippen LogP contribution < -0.4 is 19.8 Å². The van der Waals surface area contributed by atoms with Crippen molar-refractivity contribution in [3.8, 4) is 28.8 Å². The minimum Gasteiger partial charge on any atom is -0.493 e. The summed E-state index contributed by atoms with van der Waals surface area (Å²) in [6.45, 7) is 0. The molecule has 0 amide bonds. The summed E-state index contributed by atoms with van der Waals surface area (Å²) in [5, 5.41) is 1.55. The van der Waals surface area contributed by atoms with E-state index in [4.69, 9.17) is 24.2 Å². The molecule has 6 rings (SSSR count). The standard InChI is InChI=1S/C27H21N3O4/c1-32-21-13-16(14-22(33-2)25(21)34-3)24-18-12-15-8-4-6-10-19(15)28-23(18)26-29-20-11-7-5-9-17(20)27(31)30(24)26/h4-14,24H,1-3H3. The van der Waals surface area contributed by atoms with E-state index in [1.807, 2.05) is 54.6 Å². The van der Waals surface area contributed by atoms with E-state index in [1.165, 1.54) is 0 Å². The van der Waals surface area contributed by atoms with E-state index >= 15 is 0 Å². The first kappa shape index (κ1) is 20.2. The first-order valence-corrected chi connectivity index (χ1v) is 10.9. The third kappa shape index (κ3) is 2.80. The number of nitrogens with zero attached hydrogens (tertiary/aromatic N) is 3. The number of ether oxygens (including phenoxy) is 3. The van der Waals surface area contributed by atoms with Crippen LogP contribution >= 0.6 is 0 Å². The second kappa shape index (κ2) is 7.59. The maximum absolute atomic E-state index is 13.8. The van der Waals surface area contributed by atoms with Gasteiger partial charge in [0.15, 0.2) is 17.3 Å². The fourth-order valence-electron chi connectivity index (χ4n) is 4.80. The molecule has 1 aliphatic heterocycles. The summed E-state index contributed by atoms with van der Waals surface area (Å²) < 4.78 is 18.4. The van der Waals surface area contributed by atoms with Gasteiger partial charge in [-0.05, 0) is 42.0 Å². The predicted octanol–water partition coefficient (Wildman–Crippen LogP) is 4.59. The lowest BCUT2D eigenvalue weighted by Crippen LogP contribution is -2.25. The van der Waals surface area contributed by atoms with Gasteiger partial charge in [0.25, 0.3) is 5.56 Å². The van der Waals surface area contributed by atoms with Crippen LogP contribution in [0.25, 0.3) is 33.3 Å². The molecule has 7 heteroatoms. The van der Waals surface area contributed by atoms with E-state index in [0.29, 0.717) is 39.7 Å². The van der Waals surface area contributed by atoms with Crippen LogP contribution in [-0.2, 0) is 0 Å². The fraction of sp³-hybridized carbons (Fsp3) is 0.148. The molecule has 3 aromatic carbocycles. The minimum atomic E-state index is -0.458. The van der Waals surface area contributed by atoms with Gasteiger partial charge >= 0.3 is 0 Å². The highest BCUT2D eigenvalue weighted by Gasteiger charge is 2.35. The second-order valence-electron chi connectivity index (χ2n) is 8.11. The van der Waals surface area contributed by atoms with Gasteiger partial charge in [-0.15, -0.1) is 0 Å². The van der Waals surface area contributed by atoms with Gasteiger partial charge in [-0.1, -0.05) is 30.3 Å². The van der Waals surface area contributed by atoms with Crippen molar-refractivity contribution in [2.75, 3.05) is 21.3 Å². The summed E-state index contributed by atoms with van der Waals surface area (Å²) in [5.41, 5.74) is 3.77. The average Bonchev–Trinajstić information content (AvgIpc) is 3.19. The summed E-state index contributed by atoms with van der Waals surface area (Å²) in [5.74, 6) is 2.07. The van der Waals surface area contributed by atoms with Crippen LogP contribution in [0, 0.1) is 0 Å². The van der Waals surface area contributed by atoms with E-state index in [2.05, 4.69) is 6.07 Å². The maximum Gasteiger partial charge on any atom is 0.262 e. The molecule has 168 valence electrons. The Bertz CT molecular complexity index is 1630. The average molecular weight is 451 g/mol. The van der Waals surface area contributed by atoms with Crippen LogP contribution in [0.15, 0.2) is 71.5 Å². The Morgan fingerprint density at radius 1 is 0.794 bits per heavy atom. The molecule has 0 radical (unpaired) electrons. The first-order valence-electron chi connectivity index (χ1n) is 10.9. The van der Waals surface area contributed by atoms with E-state index in [1.54, 1.807) is 32.0 Å². The van der Waals surface area contributed by atoms with E-state index in [9.17, 15) is 4.79 Å². The summed E-state index contributed by atoms with van der Waals surface area (Å²) in [6, 6.07) is 20.7. The zero-order valence-corrected chi connectivity index (χ0v) is 18.9. The number of hydrogen-bond donors (Lipinski definition) is 0. The number of aromatic nitrogens is 3. The van der Waals surface area contributed by atoms with Crippen molar-refractivity contribution < 1.29 is 14.2 Å². The van der Waals surface area contributed by atoms with Crippen LogP contribution in [0.5, 0.6) is 17.2 Å². The molecule has 0 saturated heterocycles. The minimum absolute atomic E-state index is 0.124. The first-order chi connectivity index (χ1) is 16.6. The molecule has 1 atom stereocenters. The lowest BCUT2D eigenvalue weighted by Gasteiger charge is -2.20. The van der Waals surface area contributed by atoms with E-state index in [-0.39, 0.29) is 5.56 Å². The highest BCUT2D eigenvalue weighted by Crippen LogP contribution is 2.46. The van der Waals surface area contributed by atoms with Crippen LogP contribution in [0.3, 0.4) is 0 Å². The molecule has 34 heavy (non-hydrogen) atoms. The SMILES string of the molecule is COc1cc(C2c3cc4ccccc4nc3-c3nc4ccccc4c(=O)n32)cc(OC)c1OC. The molecule has 0 N–H and O–H groups in total. The predicted molar refractivity (Wildman–Crippen MR) is 130 cm³/mol. The highest BCUT2D eigenvalue weighted by atomic mass is 16.5. The van der Waals surface area contributed by atoms with E-state index in [0.717, 1.165) is 22.0 Å². The molecular formula is C27H21N3O4. The van der Waals surface area contributed by atoms with Crippen molar-refractivity contribution in [2.24, 2.45) is 0 Å². The van der Waals surface area contributed by atoms with Gasteiger partial charge in [-0.25, -0.2) is 9.97 Å². The van der Waals surface area contributed by atoms with Gasteiger partial charge in [0, 0.05) is 10.9 Å². The molecule has 7 nitrogen and oxygen atoms in total. The summed E-state index contributed by atoms with van der Waals surface area (Å²) >= 11 is 0. The Hall–Kier alpha value is -4.39. The Labute approximate surface area is 195 Å². The maximum atomic E-state index is 13.8. The number of fused-ring (bicyclic) bond motifs is 5. The van der Waals surface area contributed by atoms with Crippen molar-refractivity contribution >= 4 is 21.8 Å². The smallest absolute Gasteiger partial charge is 0.262 e. The van der Waals surface area contributed by atoms with Gasteiger partial charge in [0.2, 0.25) is 5.75 Å². The molecule has 0 saturated carbocycles. The zero-order chi connectivity index (χ0) is 23.4. The zero-order valence-electron chi connectivity index (χ0n) is 18.9. The van der Waals surface area contributed by atoms with Crippen LogP contribution in [-0.4, -0.2) is 35.9 Å². The molecular weight excluding hydrogens is 430 g/mol. The Kier molecular flexibility index (Phi) is 4.52. The number of para-hydroxylation sites is 2. The summed E-state index contributed by atoms with van der Waals surface area (Å²) in [4.78, 5) is 23.6. The van der Waals surface area contributed by atoms with Gasteiger partial charge in [-0.3, -0.25) is 9.36 Å². The molecule has 0 spiro atoms. The Morgan fingerprint density at radius 3 is 2.18 bits per heavy atom. The number of benzene rings is 3. The van der Waals surface area contributed by atoms with Crippen LogP contribution in [0.2, 0.25) is 0 Å². The molecule has 0 fully saturated rings. The fourth-order valence-corrected chi connectivity index (χ4v) is 4.80. The normalized spacial score (nSPS) is 14.1. The summed E-state index contributed by atoms with van der Waals surface area (Å²) in [7, 11) is 4.72. The molecule has 5 aromatic rings. The molecule has 0 aliphatic carbocycles. The van der Waals surface area contributed by atoms with Crippen molar-refractivity contribution in [1.82, 2.24) is 14.5 Å². The lowest BCUT2D eigenvalue weighted by atomic mass is 9.97. The number of pyridine rings is 1. The number of hydrogen-bond acceptors (Lipinski definition) is 6. The molecule has 2 aromatic heterocycles. The quantitative estimate of drug-likeness (QED) is 0.390. The topological polar surface area (TPSA) is 75.5 Å². The van der Waals surface area contributed by atoms with Crippen molar-refractivity contribution in [3.05, 3.63) is 88.2 Å². The van der Waals surface area contributed by atoms with Crippen molar-refractivity contribution in [3.63, 3.8) is 0 Å². The second-order valence-corrected chi connectivity index (χ2v) is 8.11. The van der Waals surface area contributed by atoms with Crippen LogP contribution in [0.4, 0.5) is 0 Å². The summed E-state index contributed by atoms with van der Waals surface area (Å²) in [6.07, 6.45) is 0. The third-order valence-corrected chi connectivity index (χ3v) is 6.33. The molecule has 1 aliphatic rings. The van der Waals surface area contributed by atoms with E-state index < -0.39 is 6.04 Å². The lowest BCUT2D eigenvalue weighted by molar-refractivity contribution is 0.323. The molecule has 0 bridgehead atoms. The van der Waals surface area contributed by atoms with Crippen molar-refractivity contribution in [1.29, 1.82) is 0 Å². The third-order valence-electron chi connectivity index (χ3n) is 6.33. The Morgan fingerprint density at radius 2 is 1.47 bits per heavy atom. The largest absolute Gasteiger partial charge is 0.493 e. The van der Waals surface area contributed by atoms with Gasteiger partial charge in [-0.2, -0.15) is 0 Å². The number of rotatable bonds is 4. The highest BCUT2D eigenvalue weighted by molar-refractivity contribution is 5.86. The van der Waals surface area contributed by atoms with Gasteiger partial charge < -0.3 is 14.2 Å². The Balaban J connectivity index is 1.73.